The third kappa shape index (κ3) is 3.46. The lowest BCUT2D eigenvalue weighted by Gasteiger charge is -2.17. The van der Waals surface area contributed by atoms with Crippen LogP contribution in [0, 0.1) is 0 Å². The summed E-state index contributed by atoms with van der Waals surface area (Å²) in [5, 5.41) is 3.40. The lowest BCUT2D eigenvalue weighted by Crippen LogP contribution is -2.10. The average Bonchev–Trinajstić information content (AvgIpc) is 2.40. The van der Waals surface area contributed by atoms with Gasteiger partial charge in [-0.3, -0.25) is 0 Å². The molecule has 2 rings (SSSR count). The molecule has 2 atom stereocenters. The van der Waals surface area contributed by atoms with Gasteiger partial charge >= 0.3 is 0 Å². The van der Waals surface area contributed by atoms with Gasteiger partial charge in [0.25, 0.3) is 0 Å². The Bertz CT molecular complexity index is 607. The molecule has 0 fully saturated rings. The van der Waals surface area contributed by atoms with Gasteiger partial charge in [-0.1, -0.05) is 39.7 Å². The van der Waals surface area contributed by atoms with Crippen LogP contribution in [0.3, 0.4) is 0 Å². The minimum absolute atomic E-state index is 0.0114. The molecule has 0 aliphatic rings. The van der Waals surface area contributed by atoms with Crippen LogP contribution in [-0.4, -0.2) is 9.97 Å². The molecule has 20 heavy (non-hydrogen) atoms. The molecule has 0 saturated heterocycles. The fraction of sp³-hybridized carbons (Fsp3) is 0.286. The summed E-state index contributed by atoms with van der Waals surface area (Å²) in [6.45, 7) is 3.38. The minimum atomic E-state index is -1.23. The fourth-order valence-corrected chi connectivity index (χ4v) is 2.55. The Morgan fingerprint density at radius 2 is 2.05 bits per heavy atom. The largest absolute Gasteiger partial charge is 0.362 e. The number of hydrogen-bond donors (Lipinski definition) is 1. The van der Waals surface area contributed by atoms with Gasteiger partial charge in [-0.2, -0.15) is 0 Å². The van der Waals surface area contributed by atoms with E-state index in [1.165, 1.54) is 13.3 Å². The number of anilines is 1. The van der Waals surface area contributed by atoms with E-state index >= 15 is 0 Å². The SMILES string of the molecule is CC(F)c1ncnc(NC(C)c2cccc(Br)c2)c1Cl. The predicted octanol–water partition coefficient (Wildman–Crippen LogP) is 5.10. The highest BCUT2D eigenvalue weighted by Gasteiger charge is 2.16. The molecule has 0 saturated carbocycles. The number of benzene rings is 1. The van der Waals surface area contributed by atoms with Crippen molar-refractivity contribution in [1.82, 2.24) is 9.97 Å². The van der Waals surface area contributed by atoms with Gasteiger partial charge in [0.2, 0.25) is 0 Å². The van der Waals surface area contributed by atoms with Crippen LogP contribution in [-0.2, 0) is 0 Å². The summed E-state index contributed by atoms with van der Waals surface area (Å²) >= 11 is 9.56. The van der Waals surface area contributed by atoms with Gasteiger partial charge in [0, 0.05) is 4.47 Å². The molecule has 0 spiro atoms. The number of halogens is 3. The van der Waals surface area contributed by atoms with Crippen molar-refractivity contribution in [2.24, 2.45) is 0 Å². The van der Waals surface area contributed by atoms with Gasteiger partial charge in [0.15, 0.2) is 0 Å². The molecule has 1 aromatic heterocycles. The first-order chi connectivity index (χ1) is 9.49. The Labute approximate surface area is 130 Å². The summed E-state index contributed by atoms with van der Waals surface area (Å²) in [6.07, 6.45) is 0.0833. The molecular formula is C14H14BrClFN3. The molecule has 1 N–H and O–H groups in total. The Balaban J connectivity index is 2.24. The summed E-state index contributed by atoms with van der Waals surface area (Å²) in [6, 6.07) is 7.90. The lowest BCUT2D eigenvalue weighted by atomic mass is 10.1. The highest BCUT2D eigenvalue weighted by Crippen LogP contribution is 2.30. The monoisotopic (exact) mass is 357 g/mol. The molecule has 6 heteroatoms. The molecule has 0 bridgehead atoms. The van der Waals surface area contributed by atoms with Crippen molar-refractivity contribution in [3.05, 3.63) is 51.3 Å². The van der Waals surface area contributed by atoms with Crippen LogP contribution in [0.25, 0.3) is 0 Å². The van der Waals surface area contributed by atoms with Crippen molar-refractivity contribution in [2.45, 2.75) is 26.1 Å². The Morgan fingerprint density at radius 3 is 2.70 bits per heavy atom. The van der Waals surface area contributed by atoms with Crippen LogP contribution in [0.1, 0.15) is 37.3 Å². The molecule has 2 unspecified atom stereocenters. The number of alkyl halides is 1. The van der Waals surface area contributed by atoms with Crippen molar-refractivity contribution in [3.63, 3.8) is 0 Å². The fourth-order valence-electron chi connectivity index (χ4n) is 1.83. The third-order valence-corrected chi connectivity index (χ3v) is 3.76. The molecule has 0 radical (unpaired) electrons. The number of hydrogen-bond acceptors (Lipinski definition) is 3. The molecule has 1 heterocycles. The number of nitrogens with one attached hydrogen (secondary N) is 1. The second-order valence-electron chi connectivity index (χ2n) is 4.46. The molecular weight excluding hydrogens is 345 g/mol. The van der Waals surface area contributed by atoms with E-state index in [2.05, 4.69) is 31.2 Å². The van der Waals surface area contributed by atoms with Crippen LogP contribution in [0.15, 0.2) is 35.1 Å². The van der Waals surface area contributed by atoms with E-state index in [1.807, 2.05) is 31.2 Å². The Kier molecular flexibility index (Phi) is 4.94. The smallest absolute Gasteiger partial charge is 0.149 e. The van der Waals surface area contributed by atoms with Gasteiger partial charge in [0.1, 0.15) is 23.3 Å². The Morgan fingerprint density at radius 1 is 1.30 bits per heavy atom. The zero-order valence-corrected chi connectivity index (χ0v) is 13.4. The van der Waals surface area contributed by atoms with E-state index < -0.39 is 6.17 Å². The maximum Gasteiger partial charge on any atom is 0.149 e. The van der Waals surface area contributed by atoms with Crippen LogP contribution >= 0.6 is 27.5 Å². The highest BCUT2D eigenvalue weighted by molar-refractivity contribution is 9.10. The minimum Gasteiger partial charge on any atom is -0.362 e. The number of nitrogens with zero attached hydrogens (tertiary/aromatic N) is 2. The van der Waals surface area contributed by atoms with Crippen molar-refractivity contribution >= 4 is 33.3 Å². The second-order valence-corrected chi connectivity index (χ2v) is 5.75. The van der Waals surface area contributed by atoms with E-state index in [-0.39, 0.29) is 16.8 Å². The summed E-state index contributed by atoms with van der Waals surface area (Å²) < 4.78 is 14.4. The maximum absolute atomic E-state index is 13.4. The van der Waals surface area contributed by atoms with E-state index in [0.29, 0.717) is 5.82 Å². The van der Waals surface area contributed by atoms with E-state index in [1.54, 1.807) is 0 Å². The first-order valence-electron chi connectivity index (χ1n) is 6.15. The molecule has 2 aromatic rings. The van der Waals surface area contributed by atoms with Crippen LogP contribution in [0.4, 0.5) is 10.2 Å². The van der Waals surface area contributed by atoms with Crippen LogP contribution < -0.4 is 5.32 Å². The van der Waals surface area contributed by atoms with Gasteiger partial charge in [-0.05, 0) is 31.5 Å². The van der Waals surface area contributed by atoms with Crippen molar-refractivity contribution in [2.75, 3.05) is 5.32 Å². The standard InChI is InChI=1S/C14H14BrClFN3/c1-8(17)13-12(16)14(19-7-18-13)20-9(2)10-4-3-5-11(15)6-10/h3-9H,1-2H3,(H,18,19,20). The number of aromatic nitrogens is 2. The zero-order chi connectivity index (χ0) is 14.7. The van der Waals surface area contributed by atoms with E-state index in [4.69, 9.17) is 11.6 Å². The molecule has 106 valence electrons. The molecule has 1 aromatic carbocycles. The van der Waals surface area contributed by atoms with Crippen LogP contribution in [0.2, 0.25) is 5.02 Å². The number of rotatable bonds is 4. The first-order valence-corrected chi connectivity index (χ1v) is 7.32. The van der Waals surface area contributed by atoms with E-state index in [0.717, 1.165) is 10.0 Å². The van der Waals surface area contributed by atoms with Gasteiger partial charge in [-0.15, -0.1) is 0 Å². The second kappa shape index (κ2) is 6.50. The molecule has 0 aliphatic carbocycles. The molecule has 3 nitrogen and oxygen atoms in total. The predicted molar refractivity (Wildman–Crippen MR) is 82.7 cm³/mol. The highest BCUT2D eigenvalue weighted by atomic mass is 79.9. The van der Waals surface area contributed by atoms with Gasteiger partial charge < -0.3 is 5.32 Å². The van der Waals surface area contributed by atoms with Crippen molar-refractivity contribution in [1.29, 1.82) is 0 Å². The molecule has 0 amide bonds. The lowest BCUT2D eigenvalue weighted by molar-refractivity contribution is 0.365. The van der Waals surface area contributed by atoms with Gasteiger partial charge in [-0.25, -0.2) is 14.4 Å². The quantitative estimate of drug-likeness (QED) is 0.826. The molecule has 0 aliphatic heterocycles. The van der Waals surface area contributed by atoms with Gasteiger partial charge in [0.05, 0.1) is 11.7 Å². The maximum atomic E-state index is 13.4. The van der Waals surface area contributed by atoms with Crippen molar-refractivity contribution in [3.8, 4) is 0 Å². The van der Waals surface area contributed by atoms with E-state index in [9.17, 15) is 4.39 Å². The summed E-state index contributed by atoms with van der Waals surface area (Å²) in [5.41, 5.74) is 1.27. The zero-order valence-electron chi connectivity index (χ0n) is 11.1. The third-order valence-electron chi connectivity index (χ3n) is 2.90. The Hall–Kier alpha value is -1.20. The van der Waals surface area contributed by atoms with Crippen molar-refractivity contribution < 1.29 is 4.39 Å². The average molecular weight is 359 g/mol. The first kappa shape index (κ1) is 15.2. The summed E-state index contributed by atoms with van der Waals surface area (Å²) in [7, 11) is 0. The topological polar surface area (TPSA) is 37.8 Å². The summed E-state index contributed by atoms with van der Waals surface area (Å²) in [4.78, 5) is 7.94. The summed E-state index contributed by atoms with van der Waals surface area (Å²) in [5.74, 6) is 0.439. The normalized spacial score (nSPS) is 13.8. The van der Waals surface area contributed by atoms with Crippen LogP contribution in [0.5, 0.6) is 0 Å².